The molecular formula is C20H18ClN3OS. The second-order valence-corrected chi connectivity index (χ2v) is 6.94. The van der Waals surface area contributed by atoms with Gasteiger partial charge in [-0.2, -0.15) is 0 Å². The largest absolute Gasteiger partial charge is 0.459 e. The predicted octanol–water partition coefficient (Wildman–Crippen LogP) is 4.99. The highest BCUT2D eigenvalue weighted by atomic mass is 35.5. The minimum atomic E-state index is -0.0483. The average molecular weight is 384 g/mol. The smallest absolute Gasteiger partial charge is 0.170 e. The zero-order chi connectivity index (χ0) is 18.1. The van der Waals surface area contributed by atoms with Crippen LogP contribution in [0.3, 0.4) is 0 Å². The summed E-state index contributed by atoms with van der Waals surface area (Å²) >= 11 is 11.5. The van der Waals surface area contributed by atoms with E-state index in [0.717, 1.165) is 34.4 Å². The van der Waals surface area contributed by atoms with Crippen molar-refractivity contribution in [1.29, 1.82) is 0 Å². The first-order valence-electron chi connectivity index (χ1n) is 8.51. The highest BCUT2D eigenvalue weighted by molar-refractivity contribution is 7.80. The van der Waals surface area contributed by atoms with Crippen LogP contribution >= 0.6 is 23.8 Å². The summed E-state index contributed by atoms with van der Waals surface area (Å²) in [7, 11) is 0. The Morgan fingerprint density at radius 2 is 1.96 bits per heavy atom. The van der Waals surface area contributed by atoms with Crippen molar-refractivity contribution in [3.63, 3.8) is 0 Å². The molecule has 0 spiro atoms. The molecule has 0 bridgehead atoms. The summed E-state index contributed by atoms with van der Waals surface area (Å²) in [4.78, 5) is 6.65. The Bertz CT molecular complexity index is 910. The number of likely N-dealkylation sites (N-methyl/N-ethyl adjacent to an activating group) is 1. The molecule has 0 aliphatic carbocycles. The number of nitrogens with one attached hydrogen (secondary N) is 1. The summed E-state index contributed by atoms with van der Waals surface area (Å²) in [6, 6.07) is 17.5. The Kier molecular flexibility index (Phi) is 4.66. The maximum absolute atomic E-state index is 6.21. The normalized spacial score (nSPS) is 19.6. The highest BCUT2D eigenvalue weighted by Gasteiger charge is 2.40. The number of benzene rings is 1. The molecule has 0 saturated carbocycles. The molecule has 3 heterocycles. The van der Waals surface area contributed by atoms with Gasteiger partial charge in [0.25, 0.3) is 0 Å². The fraction of sp³-hybridized carbons (Fsp3) is 0.200. The Labute approximate surface area is 162 Å². The van der Waals surface area contributed by atoms with E-state index >= 15 is 0 Å². The first-order chi connectivity index (χ1) is 12.7. The fourth-order valence-electron chi connectivity index (χ4n) is 3.34. The molecule has 1 aliphatic heterocycles. The van der Waals surface area contributed by atoms with Crippen LogP contribution in [0.2, 0.25) is 5.02 Å². The molecule has 1 N–H and O–H groups in total. The van der Waals surface area contributed by atoms with Gasteiger partial charge in [0.05, 0.1) is 11.7 Å². The van der Waals surface area contributed by atoms with Crippen LogP contribution in [0.4, 0.5) is 0 Å². The molecule has 2 atom stereocenters. The summed E-state index contributed by atoms with van der Waals surface area (Å²) in [6.07, 6.45) is 1.80. The predicted molar refractivity (Wildman–Crippen MR) is 107 cm³/mol. The van der Waals surface area contributed by atoms with E-state index in [1.54, 1.807) is 6.20 Å². The number of hydrogen-bond acceptors (Lipinski definition) is 3. The number of aromatic nitrogens is 1. The van der Waals surface area contributed by atoms with Crippen LogP contribution in [0.25, 0.3) is 11.3 Å². The lowest BCUT2D eigenvalue weighted by molar-refractivity contribution is 0.284. The molecule has 1 aromatic carbocycles. The number of halogens is 1. The second-order valence-electron chi connectivity index (χ2n) is 6.12. The molecule has 1 saturated heterocycles. The van der Waals surface area contributed by atoms with Gasteiger partial charge in [-0.25, -0.2) is 0 Å². The number of pyridine rings is 1. The minimum absolute atomic E-state index is 0.0385. The monoisotopic (exact) mass is 383 g/mol. The third kappa shape index (κ3) is 3.08. The van der Waals surface area contributed by atoms with Gasteiger partial charge in [0.2, 0.25) is 0 Å². The molecule has 0 radical (unpaired) electrons. The second kappa shape index (κ2) is 7.09. The molecule has 26 heavy (non-hydrogen) atoms. The zero-order valence-electron chi connectivity index (χ0n) is 14.2. The molecule has 4 nitrogen and oxygen atoms in total. The number of furan rings is 1. The number of rotatable bonds is 4. The molecular weight excluding hydrogens is 366 g/mol. The van der Waals surface area contributed by atoms with Crippen LogP contribution in [0, 0.1) is 0 Å². The lowest BCUT2D eigenvalue weighted by atomic mass is 10.0. The van der Waals surface area contributed by atoms with Gasteiger partial charge < -0.3 is 14.6 Å². The van der Waals surface area contributed by atoms with Crippen LogP contribution < -0.4 is 5.32 Å². The molecule has 4 rings (SSSR count). The van der Waals surface area contributed by atoms with Crippen LogP contribution in [-0.4, -0.2) is 21.5 Å². The maximum atomic E-state index is 6.21. The Hall–Kier alpha value is -2.37. The van der Waals surface area contributed by atoms with E-state index in [-0.39, 0.29) is 12.1 Å². The van der Waals surface area contributed by atoms with Crippen molar-refractivity contribution in [2.75, 3.05) is 6.54 Å². The zero-order valence-corrected chi connectivity index (χ0v) is 15.8. The van der Waals surface area contributed by atoms with Gasteiger partial charge in [-0.05, 0) is 67.7 Å². The van der Waals surface area contributed by atoms with Crippen molar-refractivity contribution in [3.8, 4) is 11.3 Å². The third-order valence-corrected chi connectivity index (χ3v) is 5.19. The van der Waals surface area contributed by atoms with Gasteiger partial charge >= 0.3 is 0 Å². The van der Waals surface area contributed by atoms with Crippen LogP contribution in [-0.2, 0) is 0 Å². The average Bonchev–Trinajstić information content (AvgIpc) is 3.27. The first kappa shape index (κ1) is 17.1. The lowest BCUT2D eigenvalue weighted by Gasteiger charge is -2.24. The van der Waals surface area contributed by atoms with Crippen LogP contribution in [0.5, 0.6) is 0 Å². The standard InChI is InChI=1S/C20H18ClN3OS/c1-2-24-19(18(23-20(24)26)15-5-3-4-12-22-15)17-11-10-16(25-17)13-6-8-14(21)9-7-13/h3-12,18-19H,2H2,1H3,(H,23,26)/t18-,19+/m0/s1. The van der Waals surface area contributed by atoms with Crippen molar-refractivity contribution in [2.24, 2.45) is 0 Å². The topological polar surface area (TPSA) is 41.3 Å². The van der Waals surface area contributed by atoms with Crippen LogP contribution in [0.15, 0.2) is 65.2 Å². The van der Waals surface area contributed by atoms with Gasteiger partial charge in [-0.1, -0.05) is 17.7 Å². The number of thiocarbonyl (C=S) groups is 1. The molecule has 3 aromatic rings. The molecule has 1 fully saturated rings. The van der Waals surface area contributed by atoms with Gasteiger partial charge in [-0.3, -0.25) is 4.98 Å². The van der Waals surface area contributed by atoms with Gasteiger partial charge in [-0.15, -0.1) is 0 Å². The Morgan fingerprint density at radius 3 is 2.65 bits per heavy atom. The van der Waals surface area contributed by atoms with Crippen molar-refractivity contribution in [1.82, 2.24) is 15.2 Å². The van der Waals surface area contributed by atoms with Crippen LogP contribution in [0.1, 0.15) is 30.5 Å². The molecule has 6 heteroatoms. The summed E-state index contributed by atoms with van der Waals surface area (Å²) in [5.41, 5.74) is 1.94. The maximum Gasteiger partial charge on any atom is 0.170 e. The van der Waals surface area contributed by atoms with E-state index in [0.29, 0.717) is 5.02 Å². The van der Waals surface area contributed by atoms with Crippen molar-refractivity contribution in [2.45, 2.75) is 19.0 Å². The molecule has 132 valence electrons. The molecule has 1 aliphatic rings. The van der Waals surface area contributed by atoms with E-state index < -0.39 is 0 Å². The number of hydrogen-bond donors (Lipinski definition) is 1. The Balaban J connectivity index is 1.71. The summed E-state index contributed by atoms with van der Waals surface area (Å²) in [5.74, 6) is 1.67. The fourth-order valence-corrected chi connectivity index (χ4v) is 3.83. The molecule has 0 amide bonds. The molecule has 0 unspecified atom stereocenters. The van der Waals surface area contributed by atoms with E-state index in [4.69, 9.17) is 28.2 Å². The van der Waals surface area contributed by atoms with E-state index in [9.17, 15) is 0 Å². The van der Waals surface area contributed by atoms with Crippen molar-refractivity contribution < 1.29 is 4.42 Å². The third-order valence-electron chi connectivity index (χ3n) is 4.59. The summed E-state index contributed by atoms with van der Waals surface area (Å²) in [5, 5.41) is 4.82. The highest BCUT2D eigenvalue weighted by Crippen LogP contribution is 2.40. The van der Waals surface area contributed by atoms with Gasteiger partial charge in [0.15, 0.2) is 5.11 Å². The summed E-state index contributed by atoms with van der Waals surface area (Å²) < 4.78 is 6.21. The van der Waals surface area contributed by atoms with Crippen molar-refractivity contribution >= 4 is 28.9 Å². The van der Waals surface area contributed by atoms with Gasteiger partial charge in [0, 0.05) is 23.3 Å². The quantitative estimate of drug-likeness (QED) is 0.643. The van der Waals surface area contributed by atoms with E-state index in [1.165, 1.54) is 0 Å². The Morgan fingerprint density at radius 1 is 1.15 bits per heavy atom. The van der Waals surface area contributed by atoms with E-state index in [2.05, 4.69) is 22.1 Å². The first-order valence-corrected chi connectivity index (χ1v) is 9.29. The minimum Gasteiger partial charge on any atom is -0.459 e. The number of nitrogens with zero attached hydrogens (tertiary/aromatic N) is 2. The molecule has 2 aromatic heterocycles. The van der Waals surface area contributed by atoms with Gasteiger partial charge in [0.1, 0.15) is 17.6 Å². The van der Waals surface area contributed by atoms with E-state index in [1.807, 2.05) is 54.6 Å². The summed E-state index contributed by atoms with van der Waals surface area (Å²) in [6.45, 7) is 2.88. The lowest BCUT2D eigenvalue weighted by Crippen LogP contribution is -2.29. The SMILES string of the molecule is CCN1C(=S)N[C@@H](c2ccccn2)[C@H]1c1ccc(-c2ccc(Cl)cc2)o1. The van der Waals surface area contributed by atoms with Crippen molar-refractivity contribution in [3.05, 3.63) is 77.3 Å².